The Balaban J connectivity index is 2.89. The molecule has 0 amide bonds. The quantitative estimate of drug-likeness (QED) is 0.872. The maximum Gasteiger partial charge on any atom is 0.249 e. The summed E-state index contributed by atoms with van der Waals surface area (Å²) in [5.41, 5.74) is 2.52. The van der Waals surface area contributed by atoms with Crippen LogP contribution in [0.5, 0.6) is 0 Å². The molecule has 4 heteroatoms. The number of nitrogens with one attached hydrogen (secondary N) is 1. The Morgan fingerprint density at radius 2 is 2.06 bits per heavy atom. The molecule has 16 heavy (non-hydrogen) atoms. The molecular weight excluding hydrogens is 224 g/mol. The molecule has 3 nitrogen and oxygen atoms in total. The van der Waals surface area contributed by atoms with Crippen molar-refractivity contribution in [2.75, 3.05) is 0 Å². The van der Waals surface area contributed by atoms with Crippen LogP contribution in [0.4, 0.5) is 0 Å². The van der Waals surface area contributed by atoms with Crippen molar-refractivity contribution in [3.8, 4) is 0 Å². The van der Waals surface area contributed by atoms with Gasteiger partial charge < -0.3 is 4.98 Å². The molecule has 0 bridgehead atoms. The topological polar surface area (TPSA) is 45.8 Å². The Kier molecular flexibility index (Phi) is 2.97. The van der Waals surface area contributed by atoms with Gasteiger partial charge in [-0.3, -0.25) is 9.78 Å². The summed E-state index contributed by atoms with van der Waals surface area (Å²) in [6.45, 7) is 4.07. The van der Waals surface area contributed by atoms with E-state index in [4.69, 9.17) is 11.6 Å². The molecule has 0 saturated carbocycles. The van der Waals surface area contributed by atoms with Crippen LogP contribution in [-0.4, -0.2) is 9.97 Å². The molecule has 2 aromatic rings. The first-order valence-electron chi connectivity index (χ1n) is 5.37. The second kappa shape index (κ2) is 4.26. The van der Waals surface area contributed by atoms with Crippen molar-refractivity contribution in [1.29, 1.82) is 0 Å². The molecule has 2 aromatic heterocycles. The number of nitrogens with zero attached hydrogens (tertiary/aromatic N) is 1. The van der Waals surface area contributed by atoms with E-state index in [1.165, 1.54) is 6.07 Å². The third-order valence-electron chi connectivity index (χ3n) is 2.60. The third-order valence-corrected chi connectivity index (χ3v) is 2.90. The van der Waals surface area contributed by atoms with E-state index in [1.807, 2.05) is 19.9 Å². The van der Waals surface area contributed by atoms with Crippen molar-refractivity contribution in [2.24, 2.45) is 0 Å². The highest BCUT2D eigenvalue weighted by Gasteiger charge is 2.08. The smallest absolute Gasteiger partial charge is 0.249 e. The van der Waals surface area contributed by atoms with Gasteiger partial charge in [-0.1, -0.05) is 25.4 Å². The van der Waals surface area contributed by atoms with E-state index in [-0.39, 0.29) is 5.56 Å². The molecule has 0 saturated heterocycles. The van der Waals surface area contributed by atoms with Crippen molar-refractivity contribution < 1.29 is 0 Å². The molecule has 0 fully saturated rings. The fourth-order valence-electron chi connectivity index (χ4n) is 1.81. The van der Waals surface area contributed by atoms with E-state index in [0.717, 1.165) is 35.1 Å². The number of hydrogen-bond donors (Lipinski definition) is 1. The summed E-state index contributed by atoms with van der Waals surface area (Å²) in [4.78, 5) is 18.7. The van der Waals surface area contributed by atoms with Crippen molar-refractivity contribution in [1.82, 2.24) is 9.97 Å². The Morgan fingerprint density at radius 1 is 1.31 bits per heavy atom. The number of hydrogen-bond acceptors (Lipinski definition) is 2. The van der Waals surface area contributed by atoms with Crippen molar-refractivity contribution in [2.45, 2.75) is 26.7 Å². The van der Waals surface area contributed by atoms with Gasteiger partial charge in [-0.25, -0.2) is 0 Å². The van der Waals surface area contributed by atoms with Crippen LogP contribution in [0.25, 0.3) is 10.9 Å². The van der Waals surface area contributed by atoms with Gasteiger partial charge >= 0.3 is 0 Å². The highest BCUT2D eigenvalue weighted by atomic mass is 35.5. The normalized spacial score (nSPS) is 10.9. The van der Waals surface area contributed by atoms with E-state index in [2.05, 4.69) is 9.97 Å². The van der Waals surface area contributed by atoms with Crippen LogP contribution in [0.3, 0.4) is 0 Å². The lowest BCUT2D eigenvalue weighted by molar-refractivity contribution is 0.968. The Labute approximate surface area is 98.5 Å². The molecule has 0 radical (unpaired) electrons. The van der Waals surface area contributed by atoms with Gasteiger partial charge in [0.05, 0.1) is 16.2 Å². The van der Waals surface area contributed by atoms with Crippen molar-refractivity contribution in [3.63, 3.8) is 0 Å². The number of pyridine rings is 2. The number of halogens is 1. The molecule has 0 unspecified atom stereocenters. The fourth-order valence-corrected chi connectivity index (χ4v) is 2.12. The van der Waals surface area contributed by atoms with Gasteiger partial charge in [0.15, 0.2) is 0 Å². The highest BCUT2D eigenvalue weighted by molar-refractivity contribution is 6.35. The van der Waals surface area contributed by atoms with Gasteiger partial charge in [0, 0.05) is 17.1 Å². The zero-order valence-electron chi connectivity index (χ0n) is 9.30. The first kappa shape index (κ1) is 11.1. The predicted octanol–water partition coefficient (Wildman–Crippen LogP) is 2.70. The summed E-state index contributed by atoms with van der Waals surface area (Å²) in [6, 6.07) is 3.29. The van der Waals surface area contributed by atoms with Crippen molar-refractivity contribution >= 4 is 22.5 Å². The Morgan fingerprint density at radius 3 is 2.69 bits per heavy atom. The van der Waals surface area contributed by atoms with Gasteiger partial charge in [0.2, 0.25) is 5.56 Å². The van der Waals surface area contributed by atoms with Crippen LogP contribution in [0.15, 0.2) is 16.9 Å². The predicted molar refractivity (Wildman–Crippen MR) is 66.1 cm³/mol. The van der Waals surface area contributed by atoms with Gasteiger partial charge in [-0.2, -0.15) is 0 Å². The fraction of sp³-hybridized carbons (Fsp3) is 0.333. The van der Waals surface area contributed by atoms with Crippen LogP contribution in [0.2, 0.25) is 5.02 Å². The average molecular weight is 237 g/mol. The number of fused-ring (bicyclic) bond motifs is 1. The molecule has 0 spiro atoms. The summed E-state index contributed by atoms with van der Waals surface area (Å²) in [5.74, 6) is 0. The Hall–Kier alpha value is -1.35. The summed E-state index contributed by atoms with van der Waals surface area (Å²) < 4.78 is 0. The first-order chi connectivity index (χ1) is 7.65. The minimum atomic E-state index is -0.173. The summed E-state index contributed by atoms with van der Waals surface area (Å²) in [6.07, 6.45) is 1.65. The molecule has 0 aromatic carbocycles. The van der Waals surface area contributed by atoms with E-state index >= 15 is 0 Å². The SMILES string of the molecule is CCc1cc2[nH]c(=O)cc(Cl)c2c(CC)n1. The monoisotopic (exact) mass is 236 g/mol. The second-order valence-corrected chi connectivity index (χ2v) is 4.08. The number of aryl methyl sites for hydroxylation is 2. The summed E-state index contributed by atoms with van der Waals surface area (Å²) in [7, 11) is 0. The maximum absolute atomic E-state index is 11.3. The minimum absolute atomic E-state index is 0.173. The van der Waals surface area contributed by atoms with E-state index in [1.54, 1.807) is 0 Å². The zero-order chi connectivity index (χ0) is 11.7. The number of H-pyrrole nitrogens is 1. The standard InChI is InChI=1S/C12H13ClN2O/c1-3-7-5-10-12(9(4-2)14-7)8(13)6-11(16)15-10/h5-6H,3-4H2,1-2H3,(H,15,16). The average Bonchev–Trinajstić information content (AvgIpc) is 2.26. The maximum atomic E-state index is 11.3. The lowest BCUT2D eigenvalue weighted by atomic mass is 10.1. The molecule has 0 atom stereocenters. The van der Waals surface area contributed by atoms with E-state index < -0.39 is 0 Å². The molecular formula is C12H13ClN2O. The number of rotatable bonds is 2. The van der Waals surface area contributed by atoms with E-state index in [0.29, 0.717) is 5.02 Å². The molecule has 0 aliphatic rings. The minimum Gasteiger partial charge on any atom is -0.322 e. The van der Waals surface area contributed by atoms with Gasteiger partial charge in [0.25, 0.3) is 0 Å². The molecule has 2 rings (SSSR count). The highest BCUT2D eigenvalue weighted by Crippen LogP contribution is 2.24. The van der Waals surface area contributed by atoms with Crippen LogP contribution < -0.4 is 5.56 Å². The molecule has 0 aliphatic carbocycles. The lowest BCUT2D eigenvalue weighted by Crippen LogP contribution is -2.06. The van der Waals surface area contributed by atoms with Crippen LogP contribution in [-0.2, 0) is 12.8 Å². The van der Waals surface area contributed by atoms with Gasteiger partial charge in [0.1, 0.15) is 0 Å². The van der Waals surface area contributed by atoms with Crippen LogP contribution in [0.1, 0.15) is 25.2 Å². The van der Waals surface area contributed by atoms with Gasteiger partial charge in [-0.15, -0.1) is 0 Å². The first-order valence-corrected chi connectivity index (χ1v) is 5.74. The molecule has 84 valence electrons. The zero-order valence-corrected chi connectivity index (χ0v) is 10.1. The number of aromatic amines is 1. The lowest BCUT2D eigenvalue weighted by Gasteiger charge is -2.07. The number of aromatic nitrogens is 2. The molecule has 0 aliphatic heterocycles. The molecule has 2 heterocycles. The summed E-state index contributed by atoms with van der Waals surface area (Å²) >= 11 is 6.08. The Bertz CT molecular complexity index is 589. The van der Waals surface area contributed by atoms with Gasteiger partial charge in [-0.05, 0) is 18.9 Å². The van der Waals surface area contributed by atoms with Crippen LogP contribution >= 0.6 is 11.6 Å². The van der Waals surface area contributed by atoms with E-state index in [9.17, 15) is 4.79 Å². The molecule has 1 N–H and O–H groups in total. The van der Waals surface area contributed by atoms with Crippen LogP contribution in [0, 0.1) is 0 Å². The third kappa shape index (κ3) is 1.83. The van der Waals surface area contributed by atoms with Crippen molar-refractivity contribution in [3.05, 3.63) is 38.9 Å². The summed E-state index contributed by atoms with van der Waals surface area (Å²) in [5, 5.41) is 1.34. The largest absolute Gasteiger partial charge is 0.322 e. The second-order valence-electron chi connectivity index (χ2n) is 3.67.